The summed E-state index contributed by atoms with van der Waals surface area (Å²) in [6.45, 7) is 3.94. The lowest BCUT2D eigenvalue weighted by molar-refractivity contribution is 0.102. The molecule has 0 bridgehead atoms. The summed E-state index contributed by atoms with van der Waals surface area (Å²) in [6, 6.07) is 15.0. The molecule has 3 rings (SSSR count). The molecule has 24 heavy (non-hydrogen) atoms. The van der Waals surface area contributed by atoms with Crippen LogP contribution in [0.1, 0.15) is 21.7 Å². The van der Waals surface area contributed by atoms with Crippen molar-refractivity contribution >= 4 is 29.1 Å². The Balaban J connectivity index is 1.79. The van der Waals surface area contributed by atoms with E-state index in [9.17, 15) is 4.79 Å². The van der Waals surface area contributed by atoms with Crippen LogP contribution in [0.2, 0.25) is 5.02 Å². The van der Waals surface area contributed by atoms with Crippen LogP contribution in [0.25, 0.3) is 5.69 Å². The van der Waals surface area contributed by atoms with Gasteiger partial charge in [-0.3, -0.25) is 9.36 Å². The van der Waals surface area contributed by atoms with Crippen LogP contribution in [0.15, 0.2) is 53.7 Å². The number of thioether (sulfide) groups is 1. The predicted octanol–water partition coefficient (Wildman–Crippen LogP) is 4.51. The van der Waals surface area contributed by atoms with Crippen molar-refractivity contribution in [1.29, 1.82) is 0 Å². The summed E-state index contributed by atoms with van der Waals surface area (Å²) >= 11 is 7.24. The number of aryl methyl sites for hydroxylation is 2. The second-order valence-electron chi connectivity index (χ2n) is 5.42. The molecule has 3 aromatic rings. The molecule has 0 atom stereocenters. The molecule has 0 aliphatic carbocycles. The first kappa shape index (κ1) is 16.7. The Hall–Kier alpha value is -2.11. The van der Waals surface area contributed by atoms with E-state index >= 15 is 0 Å². The van der Waals surface area contributed by atoms with E-state index in [0.29, 0.717) is 21.5 Å². The summed E-state index contributed by atoms with van der Waals surface area (Å²) in [7, 11) is 0. The smallest absolute Gasteiger partial charge is 0.196 e. The highest BCUT2D eigenvalue weighted by molar-refractivity contribution is 7.99. The van der Waals surface area contributed by atoms with Crippen LogP contribution < -0.4 is 0 Å². The molecular weight excluding hydrogens is 342 g/mol. The first-order valence-corrected chi connectivity index (χ1v) is 8.81. The maximum absolute atomic E-state index is 12.3. The maximum Gasteiger partial charge on any atom is 0.196 e. The molecule has 122 valence electrons. The van der Waals surface area contributed by atoms with Gasteiger partial charge >= 0.3 is 0 Å². The number of rotatable bonds is 5. The minimum absolute atomic E-state index is 0.0353. The average molecular weight is 358 g/mol. The third-order valence-corrected chi connectivity index (χ3v) is 4.73. The Labute approximate surface area is 149 Å². The van der Waals surface area contributed by atoms with Crippen LogP contribution in [-0.4, -0.2) is 26.3 Å². The van der Waals surface area contributed by atoms with E-state index in [1.54, 1.807) is 24.3 Å². The molecule has 2 aromatic carbocycles. The normalized spacial score (nSPS) is 10.8. The van der Waals surface area contributed by atoms with Crippen LogP contribution in [-0.2, 0) is 0 Å². The lowest BCUT2D eigenvalue weighted by Gasteiger charge is -2.09. The van der Waals surface area contributed by atoms with Gasteiger partial charge in [-0.2, -0.15) is 0 Å². The van der Waals surface area contributed by atoms with Crippen molar-refractivity contribution in [2.75, 3.05) is 5.75 Å². The number of ketones is 1. The van der Waals surface area contributed by atoms with Gasteiger partial charge in [0.1, 0.15) is 5.82 Å². The van der Waals surface area contributed by atoms with E-state index in [0.717, 1.165) is 17.1 Å². The quantitative estimate of drug-likeness (QED) is 0.498. The number of carbonyl (C=O) groups excluding carboxylic acids is 1. The van der Waals surface area contributed by atoms with Gasteiger partial charge in [0.05, 0.1) is 5.75 Å². The Bertz CT molecular complexity index is 874. The van der Waals surface area contributed by atoms with Crippen molar-refractivity contribution in [3.05, 3.63) is 70.5 Å². The van der Waals surface area contributed by atoms with Crippen molar-refractivity contribution in [1.82, 2.24) is 14.8 Å². The largest absolute Gasteiger partial charge is 0.293 e. The summed E-state index contributed by atoms with van der Waals surface area (Å²) in [6.07, 6.45) is 0. The zero-order valence-electron chi connectivity index (χ0n) is 13.4. The van der Waals surface area contributed by atoms with E-state index in [4.69, 9.17) is 11.6 Å². The van der Waals surface area contributed by atoms with Gasteiger partial charge in [0.2, 0.25) is 0 Å². The number of Topliss-reactive ketones (excluding diaryl/α,β-unsaturated/α-hetero) is 1. The number of hydrogen-bond acceptors (Lipinski definition) is 4. The fraction of sp³-hybridized carbons (Fsp3) is 0.167. The summed E-state index contributed by atoms with van der Waals surface area (Å²) in [5.41, 5.74) is 2.80. The Morgan fingerprint density at radius 3 is 2.58 bits per heavy atom. The van der Waals surface area contributed by atoms with Crippen LogP contribution in [0.3, 0.4) is 0 Å². The van der Waals surface area contributed by atoms with E-state index in [1.807, 2.05) is 36.6 Å². The second kappa shape index (κ2) is 7.20. The molecular formula is C18H16ClN3OS. The zero-order chi connectivity index (χ0) is 17.1. The summed E-state index contributed by atoms with van der Waals surface area (Å²) in [5.74, 6) is 1.13. The Morgan fingerprint density at radius 1 is 1.12 bits per heavy atom. The van der Waals surface area contributed by atoms with Crippen molar-refractivity contribution in [2.45, 2.75) is 19.0 Å². The monoisotopic (exact) mass is 357 g/mol. The topological polar surface area (TPSA) is 47.8 Å². The third-order valence-electron chi connectivity index (χ3n) is 3.55. The molecule has 0 aliphatic heterocycles. The SMILES string of the molecule is Cc1cccc(-n2c(C)nnc2SCC(=O)c2ccc(Cl)cc2)c1. The summed E-state index contributed by atoms with van der Waals surface area (Å²) < 4.78 is 1.97. The molecule has 0 unspecified atom stereocenters. The molecule has 0 N–H and O–H groups in total. The van der Waals surface area contributed by atoms with E-state index in [2.05, 4.69) is 16.3 Å². The first-order valence-electron chi connectivity index (χ1n) is 7.45. The molecule has 0 fully saturated rings. The van der Waals surface area contributed by atoms with Gasteiger partial charge in [-0.1, -0.05) is 35.5 Å². The predicted molar refractivity (Wildman–Crippen MR) is 97.3 cm³/mol. The molecule has 1 aromatic heterocycles. The molecule has 0 radical (unpaired) electrons. The number of nitrogens with zero attached hydrogens (tertiary/aromatic N) is 3. The second-order valence-corrected chi connectivity index (χ2v) is 6.80. The van der Waals surface area contributed by atoms with Crippen molar-refractivity contribution in [3.63, 3.8) is 0 Å². The van der Waals surface area contributed by atoms with Crippen LogP contribution in [0, 0.1) is 13.8 Å². The molecule has 0 amide bonds. The molecule has 0 spiro atoms. The summed E-state index contributed by atoms with van der Waals surface area (Å²) in [4.78, 5) is 12.3. The fourth-order valence-electron chi connectivity index (χ4n) is 2.35. The first-order chi connectivity index (χ1) is 11.5. The molecule has 6 heteroatoms. The van der Waals surface area contributed by atoms with Gasteiger partial charge in [-0.15, -0.1) is 10.2 Å². The molecule has 0 saturated carbocycles. The summed E-state index contributed by atoms with van der Waals surface area (Å²) in [5, 5.41) is 9.68. The zero-order valence-corrected chi connectivity index (χ0v) is 14.9. The van der Waals surface area contributed by atoms with Gasteiger partial charge in [0.25, 0.3) is 0 Å². The number of hydrogen-bond donors (Lipinski definition) is 0. The Kier molecular flexibility index (Phi) is 5.02. The maximum atomic E-state index is 12.3. The number of aromatic nitrogens is 3. The number of carbonyl (C=O) groups is 1. The van der Waals surface area contributed by atoms with Gasteiger partial charge in [0.15, 0.2) is 10.9 Å². The molecule has 1 heterocycles. The van der Waals surface area contributed by atoms with Crippen LogP contribution in [0.4, 0.5) is 0 Å². The average Bonchev–Trinajstić information content (AvgIpc) is 2.94. The van der Waals surface area contributed by atoms with Crippen LogP contribution in [0.5, 0.6) is 0 Å². The minimum atomic E-state index is 0.0353. The van der Waals surface area contributed by atoms with Crippen LogP contribution >= 0.6 is 23.4 Å². The van der Waals surface area contributed by atoms with Gasteiger partial charge in [-0.25, -0.2) is 0 Å². The highest BCUT2D eigenvalue weighted by Gasteiger charge is 2.14. The highest BCUT2D eigenvalue weighted by atomic mass is 35.5. The number of benzene rings is 2. The van der Waals surface area contributed by atoms with Crippen molar-refractivity contribution in [3.8, 4) is 5.69 Å². The van der Waals surface area contributed by atoms with Crippen molar-refractivity contribution in [2.24, 2.45) is 0 Å². The molecule has 4 nitrogen and oxygen atoms in total. The van der Waals surface area contributed by atoms with E-state index < -0.39 is 0 Å². The van der Waals surface area contributed by atoms with Crippen molar-refractivity contribution < 1.29 is 4.79 Å². The molecule has 0 aliphatic rings. The highest BCUT2D eigenvalue weighted by Crippen LogP contribution is 2.23. The number of halogens is 1. The fourth-order valence-corrected chi connectivity index (χ4v) is 3.37. The van der Waals surface area contributed by atoms with E-state index in [-0.39, 0.29) is 5.78 Å². The van der Waals surface area contributed by atoms with Gasteiger partial charge in [0, 0.05) is 16.3 Å². The third kappa shape index (κ3) is 3.68. The molecule has 0 saturated heterocycles. The van der Waals surface area contributed by atoms with E-state index in [1.165, 1.54) is 11.8 Å². The van der Waals surface area contributed by atoms with Gasteiger partial charge in [-0.05, 0) is 55.8 Å². The Morgan fingerprint density at radius 2 is 1.88 bits per heavy atom. The lowest BCUT2D eigenvalue weighted by atomic mass is 10.1. The van der Waals surface area contributed by atoms with Gasteiger partial charge < -0.3 is 0 Å². The lowest BCUT2D eigenvalue weighted by Crippen LogP contribution is -2.05. The standard InChI is InChI=1S/C18H16ClN3OS/c1-12-4-3-5-16(10-12)22-13(2)20-21-18(22)24-11-17(23)14-6-8-15(19)9-7-14/h3-10H,11H2,1-2H3. The minimum Gasteiger partial charge on any atom is -0.293 e.